The van der Waals surface area contributed by atoms with Crippen LogP contribution in [0.25, 0.3) is 0 Å². The lowest BCUT2D eigenvalue weighted by atomic mass is 10.1. The topological polar surface area (TPSA) is 66.5 Å². The molecule has 0 aliphatic carbocycles. The maximum absolute atomic E-state index is 12.4. The fourth-order valence-corrected chi connectivity index (χ4v) is 3.91. The molecule has 118 valence electrons. The van der Waals surface area contributed by atoms with Crippen LogP contribution in [0.3, 0.4) is 0 Å². The Labute approximate surface area is 123 Å². The zero-order valence-electron chi connectivity index (χ0n) is 12.9. The summed E-state index contributed by atoms with van der Waals surface area (Å²) in [7, 11) is -2.98. The molecule has 0 radical (unpaired) electrons. The van der Waals surface area contributed by atoms with Crippen molar-refractivity contribution in [2.24, 2.45) is 0 Å². The molecule has 1 saturated heterocycles. The van der Waals surface area contributed by atoms with E-state index in [0.717, 1.165) is 25.8 Å². The van der Waals surface area contributed by atoms with Gasteiger partial charge in [-0.3, -0.25) is 4.79 Å². The Morgan fingerprint density at radius 1 is 1.40 bits per heavy atom. The molecule has 1 amide bonds. The molecule has 1 N–H and O–H groups in total. The summed E-state index contributed by atoms with van der Waals surface area (Å²) in [6.45, 7) is 7.45. The van der Waals surface area contributed by atoms with Crippen molar-refractivity contribution in [3.8, 4) is 0 Å². The van der Waals surface area contributed by atoms with Crippen LogP contribution in [0.2, 0.25) is 0 Å². The summed E-state index contributed by atoms with van der Waals surface area (Å²) < 4.78 is 23.2. The lowest BCUT2D eigenvalue weighted by molar-refractivity contribution is -0.133. The molecule has 5 nitrogen and oxygen atoms in total. The number of nitrogens with one attached hydrogen (secondary N) is 1. The van der Waals surface area contributed by atoms with E-state index < -0.39 is 9.84 Å². The van der Waals surface area contributed by atoms with Crippen LogP contribution in [0, 0.1) is 0 Å². The third kappa shape index (κ3) is 5.40. The Morgan fingerprint density at radius 3 is 2.65 bits per heavy atom. The minimum atomic E-state index is -2.98. The van der Waals surface area contributed by atoms with Crippen LogP contribution in [-0.2, 0) is 14.6 Å². The van der Waals surface area contributed by atoms with Crippen LogP contribution in [0.15, 0.2) is 0 Å². The maximum Gasteiger partial charge on any atom is 0.224 e. The molecule has 0 aromatic rings. The van der Waals surface area contributed by atoms with Crippen molar-refractivity contribution in [1.29, 1.82) is 0 Å². The van der Waals surface area contributed by atoms with Crippen LogP contribution in [0.1, 0.15) is 46.5 Å². The molecule has 1 aliphatic rings. The van der Waals surface area contributed by atoms with E-state index in [2.05, 4.69) is 26.1 Å². The van der Waals surface area contributed by atoms with Gasteiger partial charge in [0.25, 0.3) is 0 Å². The Balaban J connectivity index is 2.60. The lowest BCUT2D eigenvalue weighted by Crippen LogP contribution is -2.49. The Hall–Kier alpha value is -0.620. The molecule has 0 spiro atoms. The maximum atomic E-state index is 12.4. The van der Waals surface area contributed by atoms with Crippen molar-refractivity contribution in [3.05, 3.63) is 0 Å². The van der Waals surface area contributed by atoms with Gasteiger partial charge in [-0.15, -0.1) is 0 Å². The van der Waals surface area contributed by atoms with Crippen molar-refractivity contribution < 1.29 is 13.2 Å². The van der Waals surface area contributed by atoms with Crippen molar-refractivity contribution >= 4 is 15.7 Å². The van der Waals surface area contributed by atoms with E-state index in [-0.39, 0.29) is 35.9 Å². The van der Waals surface area contributed by atoms with Gasteiger partial charge in [0.15, 0.2) is 9.84 Å². The molecule has 1 aliphatic heterocycles. The monoisotopic (exact) mass is 304 g/mol. The molecular weight excluding hydrogens is 276 g/mol. The molecule has 2 unspecified atom stereocenters. The number of sulfone groups is 1. The first kappa shape index (κ1) is 17.4. The smallest absolute Gasteiger partial charge is 0.224 e. The van der Waals surface area contributed by atoms with Crippen molar-refractivity contribution in [1.82, 2.24) is 10.2 Å². The van der Waals surface area contributed by atoms with Gasteiger partial charge in [-0.1, -0.05) is 20.3 Å². The lowest BCUT2D eigenvalue weighted by Gasteiger charge is -2.31. The predicted octanol–water partition coefficient (Wildman–Crippen LogP) is 1.19. The summed E-state index contributed by atoms with van der Waals surface area (Å²) >= 11 is 0. The molecular formula is C14H28N2O3S. The highest BCUT2D eigenvalue weighted by atomic mass is 32.2. The van der Waals surface area contributed by atoms with E-state index in [1.54, 1.807) is 0 Å². The highest BCUT2D eigenvalue weighted by molar-refractivity contribution is 7.91. The van der Waals surface area contributed by atoms with Crippen molar-refractivity contribution in [2.75, 3.05) is 24.6 Å². The van der Waals surface area contributed by atoms with E-state index in [1.807, 2.05) is 4.90 Å². The number of carbonyl (C=O) groups is 1. The van der Waals surface area contributed by atoms with E-state index >= 15 is 0 Å². The molecule has 2 atom stereocenters. The standard InChI is InChI=1S/C14H28N2O3S/c1-4-6-8-16(12(3)5-2)14(17)10-13-11-20(18,19)9-7-15-13/h12-13,15H,4-11H2,1-3H3. The van der Waals surface area contributed by atoms with Crippen LogP contribution >= 0.6 is 0 Å². The SMILES string of the molecule is CCCCN(C(=O)CC1CS(=O)(=O)CCN1)C(C)CC. The average Bonchev–Trinajstić information content (AvgIpc) is 2.37. The van der Waals surface area contributed by atoms with Gasteiger partial charge in [0.2, 0.25) is 5.91 Å². The van der Waals surface area contributed by atoms with E-state index in [0.29, 0.717) is 6.54 Å². The molecule has 0 aromatic carbocycles. The minimum Gasteiger partial charge on any atom is -0.340 e. The second-order valence-electron chi connectivity index (χ2n) is 5.67. The molecule has 0 saturated carbocycles. The highest BCUT2D eigenvalue weighted by Crippen LogP contribution is 2.12. The minimum absolute atomic E-state index is 0.0717. The van der Waals surface area contributed by atoms with Crippen molar-refractivity contribution in [3.63, 3.8) is 0 Å². The van der Waals surface area contributed by atoms with Gasteiger partial charge in [0.1, 0.15) is 0 Å². The number of unbranched alkanes of at least 4 members (excludes halogenated alkanes) is 1. The second kappa shape index (κ2) is 7.98. The fourth-order valence-electron chi connectivity index (χ4n) is 2.47. The molecule has 1 rings (SSSR count). The van der Waals surface area contributed by atoms with Gasteiger partial charge in [0.05, 0.1) is 11.5 Å². The number of amides is 1. The number of rotatable bonds is 7. The summed E-state index contributed by atoms with van der Waals surface area (Å²) in [4.78, 5) is 14.3. The first-order chi connectivity index (χ1) is 9.39. The quantitative estimate of drug-likeness (QED) is 0.767. The molecule has 1 fully saturated rings. The Kier molecular flexibility index (Phi) is 6.95. The number of hydrogen-bond donors (Lipinski definition) is 1. The normalized spacial score (nSPS) is 23.2. The fraction of sp³-hybridized carbons (Fsp3) is 0.929. The van der Waals surface area contributed by atoms with Gasteiger partial charge < -0.3 is 10.2 Å². The summed E-state index contributed by atoms with van der Waals surface area (Å²) in [5.41, 5.74) is 0. The van der Waals surface area contributed by atoms with Crippen LogP contribution in [-0.4, -0.2) is 55.9 Å². The van der Waals surface area contributed by atoms with E-state index in [9.17, 15) is 13.2 Å². The molecule has 6 heteroatoms. The van der Waals surface area contributed by atoms with E-state index in [4.69, 9.17) is 0 Å². The molecule has 20 heavy (non-hydrogen) atoms. The summed E-state index contributed by atoms with van der Waals surface area (Å²) in [6, 6.07) is -0.0105. The molecule has 1 heterocycles. The third-order valence-electron chi connectivity index (χ3n) is 3.92. The van der Waals surface area contributed by atoms with Gasteiger partial charge in [-0.05, 0) is 19.8 Å². The molecule has 0 aromatic heterocycles. The van der Waals surface area contributed by atoms with Gasteiger partial charge in [-0.2, -0.15) is 0 Å². The van der Waals surface area contributed by atoms with Crippen molar-refractivity contribution in [2.45, 2.75) is 58.5 Å². The van der Waals surface area contributed by atoms with Crippen LogP contribution < -0.4 is 5.32 Å². The first-order valence-electron chi connectivity index (χ1n) is 7.62. The van der Waals surface area contributed by atoms with Gasteiger partial charge >= 0.3 is 0 Å². The number of carbonyl (C=O) groups excluding carboxylic acids is 1. The summed E-state index contributed by atoms with van der Waals surface area (Å²) in [5, 5.41) is 3.15. The number of hydrogen-bond acceptors (Lipinski definition) is 4. The Morgan fingerprint density at radius 2 is 2.10 bits per heavy atom. The van der Waals surface area contributed by atoms with Gasteiger partial charge in [0, 0.05) is 31.6 Å². The number of nitrogens with zero attached hydrogens (tertiary/aromatic N) is 1. The third-order valence-corrected chi connectivity index (χ3v) is 5.65. The summed E-state index contributed by atoms with van der Waals surface area (Å²) in [6.07, 6.45) is 3.25. The second-order valence-corrected chi connectivity index (χ2v) is 7.90. The zero-order valence-corrected chi connectivity index (χ0v) is 13.7. The van der Waals surface area contributed by atoms with E-state index in [1.165, 1.54) is 0 Å². The van der Waals surface area contributed by atoms with Gasteiger partial charge in [-0.25, -0.2) is 8.42 Å². The van der Waals surface area contributed by atoms with Crippen LogP contribution in [0.5, 0.6) is 0 Å². The van der Waals surface area contributed by atoms with Crippen LogP contribution in [0.4, 0.5) is 0 Å². The summed E-state index contributed by atoms with van der Waals surface area (Å²) in [5.74, 6) is 0.339. The average molecular weight is 304 g/mol. The zero-order chi connectivity index (χ0) is 15.2. The Bertz CT molecular complexity index is 409. The first-order valence-corrected chi connectivity index (χ1v) is 9.45. The largest absolute Gasteiger partial charge is 0.340 e. The molecule has 0 bridgehead atoms. The highest BCUT2D eigenvalue weighted by Gasteiger charge is 2.28. The predicted molar refractivity (Wildman–Crippen MR) is 81.4 cm³/mol.